The smallest absolute Gasteiger partial charge is 0.0297 e. The van der Waals surface area contributed by atoms with E-state index < -0.39 is 0 Å². The molecule has 0 radical (unpaired) electrons. The lowest BCUT2D eigenvalue weighted by molar-refractivity contribution is 0.259. The quantitative estimate of drug-likeness (QED) is 0.679. The van der Waals surface area contributed by atoms with Gasteiger partial charge < -0.3 is 0 Å². The second kappa shape index (κ2) is 5.84. The van der Waals surface area contributed by atoms with Crippen molar-refractivity contribution in [3.8, 4) is 0 Å². The van der Waals surface area contributed by atoms with Gasteiger partial charge in [0.15, 0.2) is 0 Å². The molecule has 1 aliphatic rings. The van der Waals surface area contributed by atoms with E-state index in [-0.39, 0.29) is 5.41 Å². The molecule has 18 heavy (non-hydrogen) atoms. The molecule has 0 saturated carbocycles. The number of alkyl halides is 2. The van der Waals surface area contributed by atoms with E-state index in [9.17, 15) is 0 Å². The maximum absolute atomic E-state index is 6.20. The molecule has 0 aromatic heterocycles. The summed E-state index contributed by atoms with van der Waals surface area (Å²) in [7, 11) is 0. The van der Waals surface area contributed by atoms with Crippen molar-refractivity contribution in [3.63, 3.8) is 0 Å². The molecule has 0 saturated heterocycles. The maximum atomic E-state index is 6.20. The fraction of sp³-hybridized carbons (Fsp3) is 0.625. The Morgan fingerprint density at radius 3 is 2.39 bits per heavy atom. The van der Waals surface area contributed by atoms with Gasteiger partial charge in [0, 0.05) is 17.2 Å². The van der Waals surface area contributed by atoms with Crippen molar-refractivity contribution in [2.45, 2.75) is 39.5 Å². The molecule has 0 fully saturated rings. The van der Waals surface area contributed by atoms with Crippen molar-refractivity contribution in [2.75, 3.05) is 11.8 Å². The highest BCUT2D eigenvalue weighted by Crippen LogP contribution is 2.35. The van der Waals surface area contributed by atoms with E-state index in [1.807, 2.05) is 0 Å². The molecule has 0 bridgehead atoms. The van der Waals surface area contributed by atoms with Crippen molar-refractivity contribution >= 4 is 23.2 Å². The molecule has 0 amide bonds. The Kier molecular flexibility index (Phi) is 4.61. The minimum atomic E-state index is 0.0238. The molecule has 0 aliphatic heterocycles. The Morgan fingerprint density at radius 1 is 1.11 bits per heavy atom. The summed E-state index contributed by atoms with van der Waals surface area (Å²) in [5.41, 5.74) is 4.49. The van der Waals surface area contributed by atoms with Gasteiger partial charge in [-0.1, -0.05) is 32.0 Å². The third-order valence-corrected chi connectivity index (χ3v) is 5.54. The average molecular weight is 285 g/mol. The predicted octanol–water partition coefficient (Wildman–Crippen LogP) is 4.84. The van der Waals surface area contributed by atoms with Crippen molar-refractivity contribution in [1.82, 2.24) is 0 Å². The monoisotopic (exact) mass is 284 g/mol. The number of halogens is 2. The molecule has 0 N–H and O–H groups in total. The zero-order valence-electron chi connectivity index (χ0n) is 11.3. The SMILES string of the molecule is CC(C)C(CCl)(CCl)Cc1ccc2c(c1)CCC2. The number of hydrogen-bond acceptors (Lipinski definition) is 0. The first-order chi connectivity index (χ1) is 8.61. The van der Waals surface area contributed by atoms with Crippen molar-refractivity contribution in [1.29, 1.82) is 0 Å². The van der Waals surface area contributed by atoms with Gasteiger partial charge in [-0.15, -0.1) is 23.2 Å². The molecular weight excluding hydrogens is 263 g/mol. The van der Waals surface area contributed by atoms with E-state index in [1.165, 1.54) is 36.0 Å². The lowest BCUT2D eigenvalue weighted by Crippen LogP contribution is -2.34. The van der Waals surface area contributed by atoms with Gasteiger partial charge >= 0.3 is 0 Å². The van der Waals surface area contributed by atoms with Crippen LogP contribution < -0.4 is 0 Å². The van der Waals surface area contributed by atoms with Crippen molar-refractivity contribution in [2.24, 2.45) is 11.3 Å². The fourth-order valence-corrected chi connectivity index (χ4v) is 3.88. The van der Waals surface area contributed by atoms with Gasteiger partial charge in [0.1, 0.15) is 0 Å². The zero-order chi connectivity index (χ0) is 13.2. The van der Waals surface area contributed by atoms with Gasteiger partial charge in [-0.05, 0) is 48.3 Å². The standard InChI is InChI=1S/C16H22Cl2/c1-12(2)16(10-17,11-18)9-13-6-7-14-4-3-5-15(14)8-13/h6-8,12H,3-5,9-11H2,1-2H3. The fourth-order valence-electron chi connectivity index (χ4n) is 2.78. The number of hydrogen-bond donors (Lipinski definition) is 0. The Bertz CT molecular complexity index is 406. The number of fused-ring (bicyclic) bond motifs is 1. The third-order valence-electron chi connectivity index (χ3n) is 4.48. The number of benzene rings is 1. The van der Waals surface area contributed by atoms with Gasteiger partial charge in [-0.25, -0.2) is 0 Å². The van der Waals surface area contributed by atoms with Crippen LogP contribution in [0.25, 0.3) is 0 Å². The van der Waals surface area contributed by atoms with Gasteiger partial charge in [-0.2, -0.15) is 0 Å². The molecule has 1 aromatic rings. The van der Waals surface area contributed by atoms with Crippen LogP contribution in [0, 0.1) is 11.3 Å². The van der Waals surface area contributed by atoms with E-state index in [1.54, 1.807) is 0 Å². The first-order valence-corrected chi connectivity index (χ1v) is 7.91. The Morgan fingerprint density at radius 2 is 1.78 bits per heavy atom. The third kappa shape index (κ3) is 2.70. The normalized spacial score (nSPS) is 15.2. The molecule has 0 heterocycles. The molecule has 1 aliphatic carbocycles. The molecule has 0 unspecified atom stereocenters. The average Bonchev–Trinajstić information content (AvgIpc) is 2.83. The van der Waals surface area contributed by atoms with E-state index in [2.05, 4.69) is 32.0 Å². The minimum absolute atomic E-state index is 0.0238. The topological polar surface area (TPSA) is 0 Å². The lowest BCUT2D eigenvalue weighted by Gasteiger charge is -2.34. The van der Waals surface area contributed by atoms with Gasteiger partial charge in [0.25, 0.3) is 0 Å². The minimum Gasteiger partial charge on any atom is -0.126 e. The van der Waals surface area contributed by atoms with Gasteiger partial charge in [-0.3, -0.25) is 0 Å². The molecule has 100 valence electrons. The van der Waals surface area contributed by atoms with Crippen LogP contribution in [-0.4, -0.2) is 11.8 Å². The summed E-state index contributed by atoms with van der Waals surface area (Å²) >= 11 is 12.4. The maximum Gasteiger partial charge on any atom is 0.0297 e. The largest absolute Gasteiger partial charge is 0.126 e. The van der Waals surface area contributed by atoms with Crippen LogP contribution in [0.5, 0.6) is 0 Å². The summed E-state index contributed by atoms with van der Waals surface area (Å²) in [5, 5.41) is 0. The summed E-state index contributed by atoms with van der Waals surface area (Å²) in [4.78, 5) is 0. The summed E-state index contributed by atoms with van der Waals surface area (Å²) in [5.74, 6) is 1.76. The highest BCUT2D eigenvalue weighted by Gasteiger charge is 2.32. The van der Waals surface area contributed by atoms with Crippen LogP contribution in [0.4, 0.5) is 0 Å². The van der Waals surface area contributed by atoms with Crippen LogP contribution in [0.1, 0.15) is 37.0 Å². The molecule has 2 rings (SSSR count). The molecule has 0 atom stereocenters. The summed E-state index contributed by atoms with van der Waals surface area (Å²) in [6.07, 6.45) is 4.78. The van der Waals surface area contributed by atoms with E-state index in [0.29, 0.717) is 17.7 Å². The lowest BCUT2D eigenvalue weighted by atomic mass is 9.75. The number of rotatable bonds is 5. The van der Waals surface area contributed by atoms with E-state index in [4.69, 9.17) is 23.2 Å². The first-order valence-electron chi connectivity index (χ1n) is 6.84. The van der Waals surface area contributed by atoms with Gasteiger partial charge in [0.2, 0.25) is 0 Å². The molecular formula is C16H22Cl2. The summed E-state index contributed by atoms with van der Waals surface area (Å²) in [6.45, 7) is 4.44. The Balaban J connectivity index is 2.22. The Hall–Kier alpha value is -0.200. The second-order valence-electron chi connectivity index (χ2n) is 5.92. The summed E-state index contributed by atoms with van der Waals surface area (Å²) in [6, 6.07) is 6.93. The van der Waals surface area contributed by atoms with Crippen LogP contribution >= 0.6 is 23.2 Å². The highest BCUT2D eigenvalue weighted by atomic mass is 35.5. The van der Waals surface area contributed by atoms with Crippen LogP contribution in [0.2, 0.25) is 0 Å². The molecule has 1 aromatic carbocycles. The van der Waals surface area contributed by atoms with Crippen LogP contribution in [0.15, 0.2) is 18.2 Å². The van der Waals surface area contributed by atoms with E-state index >= 15 is 0 Å². The van der Waals surface area contributed by atoms with Crippen molar-refractivity contribution < 1.29 is 0 Å². The van der Waals surface area contributed by atoms with E-state index in [0.717, 1.165) is 6.42 Å². The molecule has 0 nitrogen and oxygen atoms in total. The first kappa shape index (κ1) is 14.2. The zero-order valence-corrected chi connectivity index (χ0v) is 12.8. The second-order valence-corrected chi connectivity index (χ2v) is 6.45. The highest BCUT2D eigenvalue weighted by molar-refractivity contribution is 6.21. The van der Waals surface area contributed by atoms with Gasteiger partial charge in [0.05, 0.1) is 0 Å². The van der Waals surface area contributed by atoms with Crippen LogP contribution in [0.3, 0.4) is 0 Å². The Labute approximate surface area is 121 Å². The molecule has 0 spiro atoms. The van der Waals surface area contributed by atoms with Crippen molar-refractivity contribution in [3.05, 3.63) is 34.9 Å². The summed E-state index contributed by atoms with van der Waals surface area (Å²) < 4.78 is 0. The molecule has 2 heteroatoms. The predicted molar refractivity (Wildman–Crippen MR) is 80.9 cm³/mol. The van der Waals surface area contributed by atoms with Crippen LogP contribution in [-0.2, 0) is 19.3 Å². The number of aryl methyl sites for hydroxylation is 2.